The maximum absolute atomic E-state index is 6.32. The van der Waals surface area contributed by atoms with Crippen molar-refractivity contribution in [2.24, 2.45) is 0 Å². The van der Waals surface area contributed by atoms with Crippen molar-refractivity contribution in [2.45, 2.75) is 71.0 Å². The molecule has 4 nitrogen and oxygen atoms in total. The van der Waals surface area contributed by atoms with Crippen LogP contribution in [-0.4, -0.2) is 32.2 Å². The van der Waals surface area contributed by atoms with Gasteiger partial charge in [-0.2, -0.15) is 0 Å². The fourth-order valence-electron chi connectivity index (χ4n) is 3.67. The van der Waals surface area contributed by atoms with Crippen molar-refractivity contribution >= 4 is 12.6 Å². The van der Waals surface area contributed by atoms with Crippen molar-refractivity contribution < 1.29 is 18.8 Å². The molecule has 0 saturated carbocycles. The molecule has 1 heterocycles. The van der Waals surface area contributed by atoms with E-state index in [4.69, 9.17) is 18.8 Å². The van der Waals surface area contributed by atoms with Crippen molar-refractivity contribution in [3.8, 4) is 5.75 Å². The van der Waals surface area contributed by atoms with Crippen LogP contribution < -0.4 is 10.2 Å². The lowest BCUT2D eigenvalue weighted by molar-refractivity contribution is 0.00578. The Balaban J connectivity index is 2.01. The first kappa shape index (κ1) is 17.8. The van der Waals surface area contributed by atoms with Crippen LogP contribution in [0.3, 0.4) is 0 Å². The predicted octanol–water partition coefficient (Wildman–Crippen LogP) is 3.41. The van der Waals surface area contributed by atoms with Crippen LogP contribution in [0.5, 0.6) is 5.75 Å². The Hall–Kier alpha value is -1.04. The van der Waals surface area contributed by atoms with Gasteiger partial charge in [0, 0.05) is 7.11 Å². The van der Waals surface area contributed by atoms with Crippen LogP contribution in [0.25, 0.3) is 0 Å². The first-order valence-electron chi connectivity index (χ1n) is 8.93. The zero-order valence-corrected chi connectivity index (χ0v) is 15.8. The third-order valence-corrected chi connectivity index (χ3v) is 5.79. The summed E-state index contributed by atoms with van der Waals surface area (Å²) in [5, 5.41) is 0. The van der Waals surface area contributed by atoms with Crippen LogP contribution >= 0.6 is 0 Å². The van der Waals surface area contributed by atoms with Crippen LogP contribution in [0, 0.1) is 0 Å². The smallest absolute Gasteiger partial charge is 0.468 e. The molecule has 1 aromatic carbocycles. The minimum atomic E-state index is -0.345. The summed E-state index contributed by atoms with van der Waals surface area (Å²) in [7, 11) is 1.29. The zero-order valence-electron chi connectivity index (χ0n) is 15.8. The molecule has 0 aromatic heterocycles. The van der Waals surface area contributed by atoms with Crippen molar-refractivity contribution in [3.05, 3.63) is 23.3 Å². The average molecular weight is 332 g/mol. The Morgan fingerprint density at radius 1 is 1.17 bits per heavy atom. The van der Waals surface area contributed by atoms with Crippen LogP contribution in [0.4, 0.5) is 0 Å². The van der Waals surface area contributed by atoms with E-state index in [1.807, 2.05) is 0 Å². The van der Waals surface area contributed by atoms with Gasteiger partial charge in [-0.15, -0.1) is 0 Å². The quantitative estimate of drug-likeness (QED) is 0.612. The van der Waals surface area contributed by atoms with Gasteiger partial charge in [0.05, 0.1) is 11.2 Å². The lowest BCUT2D eigenvalue weighted by Gasteiger charge is -2.32. The van der Waals surface area contributed by atoms with Crippen molar-refractivity contribution in [2.75, 3.05) is 13.9 Å². The number of hydrogen-bond donors (Lipinski definition) is 0. The third-order valence-electron chi connectivity index (χ3n) is 5.79. The molecule has 1 aromatic rings. The van der Waals surface area contributed by atoms with Gasteiger partial charge in [-0.05, 0) is 81.6 Å². The van der Waals surface area contributed by atoms with Gasteiger partial charge in [0.15, 0.2) is 6.79 Å². The second-order valence-corrected chi connectivity index (χ2v) is 7.87. The Morgan fingerprint density at radius 2 is 1.83 bits per heavy atom. The molecular weight excluding hydrogens is 303 g/mol. The van der Waals surface area contributed by atoms with E-state index in [-0.39, 0.29) is 25.1 Å². The van der Waals surface area contributed by atoms with Crippen LogP contribution in [0.2, 0.25) is 0 Å². The van der Waals surface area contributed by atoms with Crippen molar-refractivity contribution in [3.63, 3.8) is 0 Å². The highest BCUT2D eigenvalue weighted by molar-refractivity contribution is 6.62. The van der Waals surface area contributed by atoms with E-state index in [9.17, 15) is 0 Å². The summed E-state index contributed by atoms with van der Waals surface area (Å²) in [5.41, 5.74) is 3.21. The Bertz CT molecular complexity index is 596. The molecule has 1 fully saturated rings. The molecule has 0 bridgehead atoms. The molecular formula is C19H29BO4. The highest BCUT2D eigenvalue weighted by atomic mass is 16.7. The minimum Gasteiger partial charge on any atom is -0.468 e. The largest absolute Gasteiger partial charge is 0.495 e. The maximum Gasteiger partial charge on any atom is 0.495 e. The number of fused-ring (bicyclic) bond motifs is 1. The van der Waals surface area contributed by atoms with E-state index in [0.717, 1.165) is 24.1 Å². The molecule has 2 aliphatic rings. The predicted molar refractivity (Wildman–Crippen MR) is 96.0 cm³/mol. The van der Waals surface area contributed by atoms with Gasteiger partial charge in [0.25, 0.3) is 0 Å². The lowest BCUT2D eigenvalue weighted by Crippen LogP contribution is -2.41. The van der Waals surface area contributed by atoms with Gasteiger partial charge in [-0.25, -0.2) is 0 Å². The van der Waals surface area contributed by atoms with E-state index < -0.39 is 0 Å². The molecule has 0 N–H and O–H groups in total. The number of methoxy groups -OCH3 is 1. The fourth-order valence-corrected chi connectivity index (χ4v) is 3.67. The number of hydrogen-bond acceptors (Lipinski definition) is 4. The summed E-state index contributed by atoms with van der Waals surface area (Å²) in [4.78, 5) is 0. The molecule has 0 radical (unpaired) electrons. The van der Waals surface area contributed by atoms with E-state index >= 15 is 0 Å². The van der Waals surface area contributed by atoms with Gasteiger partial charge >= 0.3 is 7.12 Å². The van der Waals surface area contributed by atoms with E-state index in [0.29, 0.717) is 5.92 Å². The van der Waals surface area contributed by atoms with Gasteiger partial charge in [0.2, 0.25) is 0 Å². The van der Waals surface area contributed by atoms with Gasteiger partial charge in [-0.3, -0.25) is 0 Å². The molecule has 1 saturated heterocycles. The van der Waals surface area contributed by atoms with Gasteiger partial charge in [0.1, 0.15) is 5.75 Å². The molecule has 0 amide bonds. The van der Waals surface area contributed by atoms with Crippen molar-refractivity contribution in [1.29, 1.82) is 0 Å². The molecule has 1 unspecified atom stereocenters. The first-order chi connectivity index (χ1) is 11.3. The van der Waals surface area contributed by atoms with Crippen LogP contribution in [-0.2, 0) is 20.5 Å². The van der Waals surface area contributed by atoms with Gasteiger partial charge in [-0.1, -0.05) is 6.92 Å². The number of rotatable bonds is 5. The van der Waals surface area contributed by atoms with Gasteiger partial charge < -0.3 is 18.8 Å². The topological polar surface area (TPSA) is 36.9 Å². The standard InChI is InChI=1S/C19H29BO4/c1-7-13-8-9-14-10-15(22-12-21-6)11-16(17(13)14)20-23-18(2,3)19(4,5)24-20/h10-11,13H,7-9,12H2,1-6H3. The summed E-state index contributed by atoms with van der Waals surface area (Å²) < 4.78 is 23.4. The van der Waals surface area contributed by atoms with E-state index in [1.54, 1.807) is 7.11 Å². The Kier molecular flexibility index (Phi) is 4.71. The van der Waals surface area contributed by atoms with Crippen LogP contribution in [0.15, 0.2) is 12.1 Å². The van der Waals surface area contributed by atoms with E-state index in [1.165, 1.54) is 17.5 Å². The van der Waals surface area contributed by atoms with Crippen molar-refractivity contribution in [1.82, 2.24) is 0 Å². The highest BCUT2D eigenvalue weighted by Gasteiger charge is 2.52. The average Bonchev–Trinajstić information content (AvgIpc) is 3.02. The van der Waals surface area contributed by atoms with Crippen LogP contribution in [0.1, 0.15) is 64.5 Å². The molecule has 1 aliphatic heterocycles. The monoisotopic (exact) mass is 332 g/mol. The summed E-state index contributed by atoms with van der Waals surface area (Å²) in [6.07, 6.45) is 3.41. The number of ether oxygens (including phenoxy) is 2. The second-order valence-electron chi connectivity index (χ2n) is 7.87. The number of aryl methyl sites for hydroxylation is 1. The second kappa shape index (κ2) is 6.36. The summed E-state index contributed by atoms with van der Waals surface area (Å²) >= 11 is 0. The fraction of sp³-hybridized carbons (Fsp3) is 0.684. The molecule has 24 heavy (non-hydrogen) atoms. The lowest BCUT2D eigenvalue weighted by atomic mass is 9.72. The first-order valence-corrected chi connectivity index (χ1v) is 8.93. The third kappa shape index (κ3) is 2.98. The van der Waals surface area contributed by atoms with E-state index in [2.05, 4.69) is 46.8 Å². The molecule has 3 rings (SSSR count). The summed E-state index contributed by atoms with van der Waals surface area (Å²) in [6, 6.07) is 4.23. The minimum absolute atomic E-state index is 0.249. The molecule has 5 heteroatoms. The normalized spacial score (nSPS) is 24.2. The number of benzene rings is 1. The Morgan fingerprint density at radius 3 is 2.42 bits per heavy atom. The SMILES string of the molecule is CCC1CCc2cc(OCOC)cc(B3OC(C)(C)C(C)(C)O3)c21. The Labute approximate surface area is 146 Å². The molecule has 0 spiro atoms. The highest BCUT2D eigenvalue weighted by Crippen LogP contribution is 2.40. The zero-order chi connectivity index (χ0) is 17.5. The molecule has 132 valence electrons. The molecule has 1 aliphatic carbocycles. The summed E-state index contributed by atoms with van der Waals surface area (Å²) in [5.74, 6) is 1.41. The summed E-state index contributed by atoms with van der Waals surface area (Å²) in [6.45, 7) is 10.9. The maximum atomic E-state index is 6.32. The molecule has 1 atom stereocenters.